The number of ether oxygens (including phenoxy) is 2. The molecule has 0 atom stereocenters. The van der Waals surface area contributed by atoms with Gasteiger partial charge in [-0.15, -0.1) is 0 Å². The van der Waals surface area contributed by atoms with E-state index in [-0.39, 0.29) is 11.3 Å². The van der Waals surface area contributed by atoms with Gasteiger partial charge in [0.1, 0.15) is 0 Å². The Morgan fingerprint density at radius 1 is 1.17 bits per heavy atom. The third-order valence-electron chi connectivity index (χ3n) is 4.19. The standard InChI is InChI=1S/C19H19FO4/c1-11-12(2)16(10-21)15(19(22)24-4)9-14(11)7-13-5-6-17(20)18(8-13)23-3/h5-6,8-10H,7H2,1-4H3. The minimum atomic E-state index is -0.557. The van der Waals surface area contributed by atoms with Crippen molar-refractivity contribution in [3.8, 4) is 5.75 Å². The highest BCUT2D eigenvalue weighted by atomic mass is 19.1. The van der Waals surface area contributed by atoms with E-state index in [4.69, 9.17) is 9.47 Å². The van der Waals surface area contributed by atoms with Gasteiger partial charge in [-0.1, -0.05) is 6.07 Å². The van der Waals surface area contributed by atoms with Crippen LogP contribution >= 0.6 is 0 Å². The number of carbonyl (C=O) groups is 2. The van der Waals surface area contributed by atoms with Crippen molar-refractivity contribution in [3.05, 3.63) is 63.5 Å². The molecule has 0 aliphatic rings. The first kappa shape index (κ1) is 17.7. The maximum absolute atomic E-state index is 13.5. The Balaban J connectivity index is 2.52. The van der Waals surface area contributed by atoms with Gasteiger partial charge in [-0.2, -0.15) is 0 Å². The van der Waals surface area contributed by atoms with E-state index in [1.54, 1.807) is 25.1 Å². The largest absolute Gasteiger partial charge is 0.494 e. The van der Waals surface area contributed by atoms with Gasteiger partial charge in [0.25, 0.3) is 0 Å². The Morgan fingerprint density at radius 2 is 1.88 bits per heavy atom. The predicted molar refractivity (Wildman–Crippen MR) is 88.4 cm³/mol. The van der Waals surface area contributed by atoms with Gasteiger partial charge < -0.3 is 9.47 Å². The number of rotatable bonds is 5. The number of carbonyl (C=O) groups excluding carboxylic acids is 2. The fraction of sp³-hybridized carbons (Fsp3) is 0.263. The number of hydrogen-bond acceptors (Lipinski definition) is 4. The summed E-state index contributed by atoms with van der Waals surface area (Å²) in [5, 5.41) is 0. The maximum Gasteiger partial charge on any atom is 0.338 e. The molecule has 126 valence electrons. The molecule has 2 aromatic carbocycles. The molecule has 0 bridgehead atoms. The molecule has 0 N–H and O–H groups in total. The lowest BCUT2D eigenvalue weighted by Gasteiger charge is -2.15. The lowest BCUT2D eigenvalue weighted by atomic mass is 9.90. The van der Waals surface area contributed by atoms with Gasteiger partial charge in [-0.3, -0.25) is 4.79 Å². The van der Waals surface area contributed by atoms with E-state index < -0.39 is 11.8 Å². The zero-order valence-electron chi connectivity index (χ0n) is 14.1. The van der Waals surface area contributed by atoms with Crippen LogP contribution in [0.25, 0.3) is 0 Å². The van der Waals surface area contributed by atoms with Crippen LogP contribution in [0.3, 0.4) is 0 Å². The molecule has 0 aliphatic heterocycles. The zero-order chi connectivity index (χ0) is 17.9. The minimum absolute atomic E-state index is 0.166. The van der Waals surface area contributed by atoms with Gasteiger partial charge in [0.15, 0.2) is 17.9 Å². The van der Waals surface area contributed by atoms with E-state index in [0.717, 1.165) is 22.3 Å². The third-order valence-corrected chi connectivity index (χ3v) is 4.19. The molecule has 0 heterocycles. The Labute approximate surface area is 140 Å². The maximum atomic E-state index is 13.5. The first-order valence-electron chi connectivity index (χ1n) is 7.41. The summed E-state index contributed by atoms with van der Waals surface area (Å²) in [5.41, 5.74) is 3.92. The smallest absolute Gasteiger partial charge is 0.338 e. The normalized spacial score (nSPS) is 10.4. The van der Waals surface area contributed by atoms with Crippen LogP contribution in [-0.2, 0) is 11.2 Å². The average molecular weight is 330 g/mol. The molecule has 2 aromatic rings. The highest BCUT2D eigenvalue weighted by molar-refractivity contribution is 5.99. The van der Waals surface area contributed by atoms with Crippen molar-refractivity contribution in [2.24, 2.45) is 0 Å². The summed E-state index contributed by atoms with van der Waals surface area (Å²) in [5.74, 6) is -0.821. The quantitative estimate of drug-likeness (QED) is 0.620. The van der Waals surface area contributed by atoms with E-state index >= 15 is 0 Å². The van der Waals surface area contributed by atoms with Crippen LogP contribution in [-0.4, -0.2) is 26.5 Å². The number of hydrogen-bond donors (Lipinski definition) is 0. The van der Waals surface area contributed by atoms with Crippen LogP contribution < -0.4 is 4.74 Å². The average Bonchev–Trinajstić information content (AvgIpc) is 2.59. The Kier molecular flexibility index (Phi) is 5.34. The SMILES string of the molecule is COC(=O)c1cc(Cc2ccc(F)c(OC)c2)c(C)c(C)c1C=O. The molecule has 0 aliphatic carbocycles. The highest BCUT2D eigenvalue weighted by Gasteiger charge is 2.18. The van der Waals surface area contributed by atoms with Crippen LogP contribution in [0, 0.1) is 19.7 Å². The van der Waals surface area contributed by atoms with Gasteiger partial charge in [0.05, 0.1) is 19.8 Å². The van der Waals surface area contributed by atoms with Gasteiger partial charge in [0, 0.05) is 5.56 Å². The van der Waals surface area contributed by atoms with Crippen molar-refractivity contribution >= 4 is 12.3 Å². The second-order valence-corrected chi connectivity index (χ2v) is 5.50. The summed E-state index contributed by atoms with van der Waals surface area (Å²) in [6, 6.07) is 6.29. The number of benzene rings is 2. The van der Waals surface area contributed by atoms with Crippen molar-refractivity contribution in [1.29, 1.82) is 0 Å². The molecule has 0 unspecified atom stereocenters. The summed E-state index contributed by atoms with van der Waals surface area (Å²) in [6.45, 7) is 3.68. The summed E-state index contributed by atoms with van der Waals surface area (Å²) in [4.78, 5) is 23.3. The van der Waals surface area contributed by atoms with E-state index in [0.29, 0.717) is 18.3 Å². The molecule has 0 saturated heterocycles. The molecule has 0 amide bonds. The number of esters is 1. The Morgan fingerprint density at radius 3 is 2.46 bits per heavy atom. The van der Waals surface area contributed by atoms with Gasteiger partial charge in [-0.25, -0.2) is 9.18 Å². The van der Waals surface area contributed by atoms with Crippen molar-refractivity contribution in [1.82, 2.24) is 0 Å². The summed E-state index contributed by atoms with van der Waals surface area (Å²) in [7, 11) is 2.68. The Bertz CT molecular complexity index is 796. The molecule has 4 nitrogen and oxygen atoms in total. The lowest BCUT2D eigenvalue weighted by Crippen LogP contribution is -2.10. The minimum Gasteiger partial charge on any atom is -0.494 e. The van der Waals surface area contributed by atoms with E-state index in [1.165, 1.54) is 20.3 Å². The van der Waals surface area contributed by atoms with E-state index in [1.807, 2.05) is 6.92 Å². The summed E-state index contributed by atoms with van der Waals surface area (Å²) >= 11 is 0. The molecule has 0 aromatic heterocycles. The van der Waals surface area contributed by atoms with Crippen LogP contribution in [0.4, 0.5) is 4.39 Å². The molecule has 5 heteroatoms. The number of methoxy groups -OCH3 is 2. The van der Waals surface area contributed by atoms with E-state index in [9.17, 15) is 14.0 Å². The lowest BCUT2D eigenvalue weighted by molar-refractivity contribution is 0.0598. The molecule has 0 saturated carbocycles. The second kappa shape index (κ2) is 7.25. The number of halogens is 1. The molecule has 0 spiro atoms. The van der Waals surface area contributed by atoms with Crippen LogP contribution in [0.1, 0.15) is 43.0 Å². The fourth-order valence-electron chi connectivity index (χ4n) is 2.65. The van der Waals surface area contributed by atoms with Gasteiger partial charge >= 0.3 is 5.97 Å². The molecule has 0 radical (unpaired) electrons. The van der Waals surface area contributed by atoms with Crippen LogP contribution in [0.5, 0.6) is 5.75 Å². The fourth-order valence-corrected chi connectivity index (χ4v) is 2.65. The number of aldehydes is 1. The van der Waals surface area contributed by atoms with Crippen molar-refractivity contribution in [2.75, 3.05) is 14.2 Å². The summed E-state index contributed by atoms with van der Waals surface area (Å²) in [6.07, 6.45) is 1.14. The van der Waals surface area contributed by atoms with Crippen molar-refractivity contribution < 1.29 is 23.5 Å². The topological polar surface area (TPSA) is 52.6 Å². The predicted octanol–water partition coefficient (Wildman–Crippen LogP) is 3.64. The highest BCUT2D eigenvalue weighted by Crippen LogP contribution is 2.26. The molecule has 0 fully saturated rings. The monoisotopic (exact) mass is 330 g/mol. The van der Waals surface area contributed by atoms with Crippen molar-refractivity contribution in [2.45, 2.75) is 20.3 Å². The zero-order valence-corrected chi connectivity index (χ0v) is 14.1. The first-order valence-corrected chi connectivity index (χ1v) is 7.41. The molecular formula is C19H19FO4. The summed E-state index contributed by atoms with van der Waals surface area (Å²) < 4.78 is 23.3. The second-order valence-electron chi connectivity index (χ2n) is 5.50. The molecule has 24 heavy (non-hydrogen) atoms. The first-order chi connectivity index (χ1) is 11.4. The molecular weight excluding hydrogens is 311 g/mol. The molecule has 2 rings (SSSR count). The third kappa shape index (κ3) is 3.30. The van der Waals surface area contributed by atoms with Crippen molar-refractivity contribution in [3.63, 3.8) is 0 Å². The van der Waals surface area contributed by atoms with Gasteiger partial charge in [0.2, 0.25) is 0 Å². The van der Waals surface area contributed by atoms with E-state index in [2.05, 4.69) is 0 Å². The Hall–Kier alpha value is -2.69. The van der Waals surface area contributed by atoms with Gasteiger partial charge in [-0.05, 0) is 60.7 Å². The van der Waals surface area contributed by atoms with Crippen LogP contribution in [0.15, 0.2) is 24.3 Å². The van der Waals surface area contributed by atoms with Crippen LogP contribution in [0.2, 0.25) is 0 Å².